The summed E-state index contributed by atoms with van der Waals surface area (Å²) in [5, 5.41) is 8.85. The predicted octanol–water partition coefficient (Wildman–Crippen LogP) is 3.37. The number of benzene rings is 1. The first-order valence-electron chi connectivity index (χ1n) is 6.25. The van der Waals surface area contributed by atoms with Crippen molar-refractivity contribution in [3.63, 3.8) is 0 Å². The maximum absolute atomic E-state index is 12.2. The van der Waals surface area contributed by atoms with Gasteiger partial charge in [-0.05, 0) is 35.7 Å². The molecule has 21 heavy (non-hydrogen) atoms. The summed E-state index contributed by atoms with van der Waals surface area (Å²) in [5.41, 5.74) is 1.49. The van der Waals surface area contributed by atoms with E-state index in [1.54, 1.807) is 18.2 Å². The van der Waals surface area contributed by atoms with Crippen LogP contribution < -0.4 is 4.72 Å². The van der Waals surface area contributed by atoms with Gasteiger partial charge in [0.05, 0.1) is 0 Å². The smallest absolute Gasteiger partial charge is 0.345 e. The van der Waals surface area contributed by atoms with Crippen LogP contribution in [0.1, 0.15) is 35.0 Å². The molecule has 0 fully saturated rings. The Hall–Kier alpha value is -1.86. The lowest BCUT2D eigenvalue weighted by atomic mass is 10.0. The fourth-order valence-electron chi connectivity index (χ4n) is 1.75. The Labute approximate surface area is 127 Å². The highest BCUT2D eigenvalue weighted by atomic mass is 32.2. The Kier molecular flexibility index (Phi) is 4.34. The van der Waals surface area contributed by atoms with Crippen molar-refractivity contribution in [2.24, 2.45) is 0 Å². The molecule has 0 radical (unpaired) electrons. The van der Waals surface area contributed by atoms with Crippen LogP contribution in [-0.4, -0.2) is 19.5 Å². The molecule has 2 rings (SSSR count). The fraction of sp³-hybridized carbons (Fsp3) is 0.214. The van der Waals surface area contributed by atoms with E-state index >= 15 is 0 Å². The van der Waals surface area contributed by atoms with Gasteiger partial charge in [-0.25, -0.2) is 13.2 Å². The van der Waals surface area contributed by atoms with E-state index in [0.29, 0.717) is 5.69 Å². The molecule has 0 bridgehead atoms. The van der Waals surface area contributed by atoms with Crippen molar-refractivity contribution < 1.29 is 18.3 Å². The molecule has 0 amide bonds. The van der Waals surface area contributed by atoms with Crippen molar-refractivity contribution in [1.29, 1.82) is 0 Å². The van der Waals surface area contributed by atoms with Crippen LogP contribution in [0, 0.1) is 0 Å². The van der Waals surface area contributed by atoms with E-state index in [2.05, 4.69) is 4.72 Å². The first-order valence-corrected chi connectivity index (χ1v) is 8.55. The minimum absolute atomic E-state index is 0.00805. The quantitative estimate of drug-likeness (QED) is 0.883. The molecule has 1 aromatic carbocycles. The third kappa shape index (κ3) is 3.62. The van der Waals surface area contributed by atoms with Crippen LogP contribution in [0.5, 0.6) is 0 Å². The summed E-state index contributed by atoms with van der Waals surface area (Å²) in [6, 6.07) is 9.72. The molecule has 0 spiro atoms. The minimum atomic E-state index is -3.76. The second-order valence-electron chi connectivity index (χ2n) is 4.81. The Morgan fingerprint density at radius 1 is 1.24 bits per heavy atom. The number of carboxylic acids is 1. The van der Waals surface area contributed by atoms with Gasteiger partial charge in [0.15, 0.2) is 0 Å². The van der Waals surface area contributed by atoms with E-state index in [1.165, 1.54) is 12.1 Å². The lowest BCUT2D eigenvalue weighted by molar-refractivity contribution is 0.0702. The molecular weight excluding hydrogens is 310 g/mol. The first-order chi connectivity index (χ1) is 9.79. The molecule has 0 aliphatic heterocycles. The van der Waals surface area contributed by atoms with E-state index in [4.69, 9.17) is 5.11 Å². The van der Waals surface area contributed by atoms with Crippen LogP contribution in [0.25, 0.3) is 0 Å². The fourth-order valence-corrected chi connectivity index (χ4v) is 3.94. The van der Waals surface area contributed by atoms with Gasteiger partial charge in [-0.1, -0.05) is 26.0 Å². The summed E-state index contributed by atoms with van der Waals surface area (Å²) < 4.78 is 26.9. The van der Waals surface area contributed by atoms with Crippen molar-refractivity contribution in [2.45, 2.75) is 24.0 Å². The number of nitrogens with one attached hydrogen (secondary N) is 1. The molecule has 5 nitrogen and oxygen atoms in total. The van der Waals surface area contributed by atoms with Gasteiger partial charge in [0, 0.05) is 5.69 Å². The highest BCUT2D eigenvalue weighted by Crippen LogP contribution is 2.25. The van der Waals surface area contributed by atoms with Gasteiger partial charge in [0.1, 0.15) is 9.09 Å². The maximum atomic E-state index is 12.2. The molecule has 2 N–H and O–H groups in total. The number of thiophene rings is 1. The van der Waals surface area contributed by atoms with Crippen LogP contribution in [0.3, 0.4) is 0 Å². The molecule has 1 aromatic heterocycles. The Morgan fingerprint density at radius 3 is 2.52 bits per heavy atom. The highest BCUT2D eigenvalue weighted by Gasteiger charge is 2.19. The molecule has 112 valence electrons. The summed E-state index contributed by atoms with van der Waals surface area (Å²) in [6.07, 6.45) is 0. The number of hydrogen-bond donors (Lipinski definition) is 2. The summed E-state index contributed by atoms with van der Waals surface area (Å²) in [4.78, 5) is 10.8. The highest BCUT2D eigenvalue weighted by molar-refractivity contribution is 7.94. The van der Waals surface area contributed by atoms with Crippen LogP contribution >= 0.6 is 11.3 Å². The zero-order valence-electron chi connectivity index (χ0n) is 11.5. The summed E-state index contributed by atoms with van der Waals surface area (Å²) in [5.74, 6) is -0.849. The van der Waals surface area contributed by atoms with Crippen LogP contribution in [0.15, 0.2) is 40.6 Å². The van der Waals surface area contributed by atoms with E-state index in [1.807, 2.05) is 19.9 Å². The van der Waals surface area contributed by atoms with Crippen molar-refractivity contribution in [3.8, 4) is 0 Å². The normalized spacial score (nSPS) is 11.6. The summed E-state index contributed by atoms with van der Waals surface area (Å²) in [6.45, 7) is 4.04. The second kappa shape index (κ2) is 5.87. The van der Waals surface area contributed by atoms with Crippen molar-refractivity contribution in [3.05, 3.63) is 46.8 Å². The van der Waals surface area contributed by atoms with Gasteiger partial charge >= 0.3 is 5.97 Å². The SMILES string of the molecule is CC(C)c1cccc(NS(=O)(=O)c2ccc(C(=O)O)s2)c1. The third-order valence-corrected chi connectivity index (χ3v) is 5.81. The molecule has 0 aliphatic carbocycles. The lowest BCUT2D eigenvalue weighted by Gasteiger charge is -2.10. The Morgan fingerprint density at radius 2 is 1.95 bits per heavy atom. The Bertz CT molecular complexity index is 763. The number of carbonyl (C=O) groups is 1. The second-order valence-corrected chi connectivity index (χ2v) is 7.80. The number of aromatic carboxylic acids is 1. The predicted molar refractivity (Wildman–Crippen MR) is 82.6 cm³/mol. The number of anilines is 1. The first kappa shape index (κ1) is 15.5. The molecule has 0 saturated carbocycles. The van der Waals surface area contributed by atoms with E-state index < -0.39 is 16.0 Å². The number of carboxylic acid groups (broad SMARTS) is 1. The third-order valence-electron chi connectivity index (χ3n) is 2.86. The zero-order chi connectivity index (χ0) is 15.6. The van der Waals surface area contributed by atoms with Crippen LogP contribution in [0.2, 0.25) is 0 Å². The average molecular weight is 325 g/mol. The van der Waals surface area contributed by atoms with Gasteiger partial charge in [0.25, 0.3) is 10.0 Å². The topological polar surface area (TPSA) is 83.5 Å². The van der Waals surface area contributed by atoms with Crippen molar-refractivity contribution in [1.82, 2.24) is 0 Å². The van der Waals surface area contributed by atoms with Gasteiger partial charge in [-0.15, -0.1) is 11.3 Å². The van der Waals surface area contributed by atoms with E-state index in [-0.39, 0.29) is 15.0 Å². The Balaban J connectivity index is 2.28. The molecule has 0 saturated heterocycles. The van der Waals surface area contributed by atoms with E-state index in [0.717, 1.165) is 16.9 Å². The van der Waals surface area contributed by atoms with Crippen molar-refractivity contribution in [2.75, 3.05) is 4.72 Å². The number of hydrogen-bond acceptors (Lipinski definition) is 4. The zero-order valence-corrected chi connectivity index (χ0v) is 13.2. The summed E-state index contributed by atoms with van der Waals surface area (Å²) >= 11 is 0.728. The molecule has 2 aromatic rings. The standard InChI is InChI=1S/C14H15NO4S2/c1-9(2)10-4-3-5-11(8-10)15-21(18,19)13-7-6-12(20-13)14(16)17/h3-9,15H,1-2H3,(H,16,17). The lowest BCUT2D eigenvalue weighted by Crippen LogP contribution is -2.11. The van der Waals surface area contributed by atoms with Crippen LogP contribution in [-0.2, 0) is 10.0 Å². The summed E-state index contributed by atoms with van der Waals surface area (Å²) in [7, 11) is -3.76. The number of sulfonamides is 1. The van der Waals surface area contributed by atoms with E-state index in [9.17, 15) is 13.2 Å². The molecule has 0 atom stereocenters. The number of rotatable bonds is 5. The molecule has 7 heteroatoms. The average Bonchev–Trinajstić information content (AvgIpc) is 2.89. The minimum Gasteiger partial charge on any atom is -0.477 e. The monoisotopic (exact) mass is 325 g/mol. The largest absolute Gasteiger partial charge is 0.477 e. The molecule has 0 unspecified atom stereocenters. The molecular formula is C14H15NO4S2. The molecule has 1 heterocycles. The van der Waals surface area contributed by atoms with Gasteiger partial charge in [0.2, 0.25) is 0 Å². The van der Waals surface area contributed by atoms with Crippen molar-refractivity contribution >= 4 is 33.0 Å². The van der Waals surface area contributed by atoms with Gasteiger partial charge in [-0.2, -0.15) is 0 Å². The molecule has 0 aliphatic rings. The van der Waals surface area contributed by atoms with Gasteiger partial charge < -0.3 is 5.11 Å². The van der Waals surface area contributed by atoms with Crippen LogP contribution in [0.4, 0.5) is 5.69 Å². The maximum Gasteiger partial charge on any atom is 0.345 e. The van der Waals surface area contributed by atoms with Gasteiger partial charge in [-0.3, -0.25) is 4.72 Å².